The Kier molecular flexibility index (Phi) is 3.11. The lowest BCUT2D eigenvalue weighted by Gasteiger charge is -2.10. The van der Waals surface area contributed by atoms with Crippen molar-refractivity contribution in [3.05, 3.63) is 0 Å². The second kappa shape index (κ2) is 3.15. The van der Waals surface area contributed by atoms with Crippen LogP contribution >= 0.6 is 15.9 Å². The van der Waals surface area contributed by atoms with Gasteiger partial charge in [0.1, 0.15) is 6.61 Å². The van der Waals surface area contributed by atoms with Crippen LogP contribution in [0.2, 0.25) is 0 Å². The highest BCUT2D eigenvalue weighted by molar-refractivity contribution is 9.10. The zero-order valence-corrected chi connectivity index (χ0v) is 6.87. The van der Waals surface area contributed by atoms with E-state index in [0.29, 0.717) is 0 Å². The van der Waals surface area contributed by atoms with E-state index in [1.165, 1.54) is 13.8 Å². The van der Waals surface area contributed by atoms with E-state index in [0.717, 1.165) is 0 Å². The van der Waals surface area contributed by atoms with E-state index in [1.807, 2.05) is 0 Å². The summed E-state index contributed by atoms with van der Waals surface area (Å²) in [4.78, 5) is 10.1. The van der Waals surface area contributed by atoms with Gasteiger partial charge in [0.15, 0.2) is 4.58 Å². The van der Waals surface area contributed by atoms with Gasteiger partial charge in [0.25, 0.3) is 0 Å². The molecule has 0 bridgehead atoms. The predicted molar refractivity (Wildman–Crippen MR) is 35.1 cm³/mol. The first-order valence-corrected chi connectivity index (χ1v) is 3.22. The maximum absolute atomic E-state index is 12.4. The molecular weight excluding hydrogens is 191 g/mol. The summed E-state index contributed by atoms with van der Waals surface area (Å²) in [5.74, 6) is -0.474. The molecule has 0 saturated heterocycles. The highest BCUT2D eigenvalue weighted by Gasteiger charge is 2.19. The van der Waals surface area contributed by atoms with Crippen LogP contribution in [0.4, 0.5) is 4.39 Å². The molecule has 2 nitrogen and oxygen atoms in total. The van der Waals surface area contributed by atoms with Crippen LogP contribution in [-0.4, -0.2) is 17.2 Å². The van der Waals surface area contributed by atoms with Gasteiger partial charge < -0.3 is 4.74 Å². The van der Waals surface area contributed by atoms with E-state index in [4.69, 9.17) is 0 Å². The molecule has 0 fully saturated rings. The average molecular weight is 199 g/mol. The second-order valence-electron chi connectivity index (χ2n) is 1.85. The summed E-state index contributed by atoms with van der Waals surface area (Å²) in [6, 6.07) is 0. The summed E-state index contributed by atoms with van der Waals surface area (Å²) in [7, 11) is 0. The minimum atomic E-state index is -1.60. The first kappa shape index (κ1) is 8.88. The maximum Gasteiger partial charge on any atom is 0.302 e. The fourth-order valence-corrected chi connectivity index (χ4v) is 0.343. The first-order valence-electron chi connectivity index (χ1n) is 2.43. The van der Waals surface area contributed by atoms with Crippen LogP contribution in [0.3, 0.4) is 0 Å². The van der Waals surface area contributed by atoms with Crippen LogP contribution in [-0.2, 0) is 9.53 Å². The van der Waals surface area contributed by atoms with E-state index in [9.17, 15) is 9.18 Å². The summed E-state index contributed by atoms with van der Waals surface area (Å²) in [5.41, 5.74) is 0. The number of hydrogen-bond donors (Lipinski definition) is 0. The van der Waals surface area contributed by atoms with Crippen molar-refractivity contribution in [2.75, 3.05) is 6.61 Å². The molecule has 0 unspecified atom stereocenters. The third kappa shape index (κ3) is 7.88. The Morgan fingerprint density at radius 3 is 2.44 bits per heavy atom. The van der Waals surface area contributed by atoms with Crippen LogP contribution in [0.1, 0.15) is 13.8 Å². The van der Waals surface area contributed by atoms with Crippen molar-refractivity contribution in [3.8, 4) is 0 Å². The molecule has 0 aliphatic heterocycles. The Morgan fingerprint density at radius 1 is 1.89 bits per heavy atom. The number of rotatable bonds is 2. The molecule has 9 heavy (non-hydrogen) atoms. The third-order valence-corrected chi connectivity index (χ3v) is 0.758. The normalized spacial score (nSPS) is 16.4. The minimum Gasteiger partial charge on any atom is -0.462 e. The lowest BCUT2D eigenvalue weighted by Crippen LogP contribution is -2.18. The van der Waals surface area contributed by atoms with Crippen molar-refractivity contribution < 1.29 is 13.9 Å². The molecule has 0 amide bonds. The highest BCUT2D eigenvalue weighted by Crippen LogP contribution is 2.18. The Bertz CT molecular complexity index is 108. The van der Waals surface area contributed by atoms with E-state index in [2.05, 4.69) is 20.7 Å². The van der Waals surface area contributed by atoms with Gasteiger partial charge >= 0.3 is 5.97 Å². The van der Waals surface area contributed by atoms with Gasteiger partial charge in [0, 0.05) is 6.92 Å². The van der Waals surface area contributed by atoms with Gasteiger partial charge in [0.2, 0.25) is 0 Å². The predicted octanol–water partition coefficient (Wildman–Crippen LogP) is 1.63. The summed E-state index contributed by atoms with van der Waals surface area (Å²) in [6.45, 7) is 2.26. The van der Waals surface area contributed by atoms with E-state index >= 15 is 0 Å². The summed E-state index contributed by atoms with van der Waals surface area (Å²) < 4.78 is 15.1. The van der Waals surface area contributed by atoms with E-state index in [1.54, 1.807) is 0 Å². The molecule has 0 aromatic heterocycles. The highest BCUT2D eigenvalue weighted by atomic mass is 79.9. The smallest absolute Gasteiger partial charge is 0.302 e. The standard InChI is InChI=1S/C5H8BrFO2/c1-4(8)9-3-5(2,6)7/h3H2,1-2H3/t5-/m0/s1. The molecule has 54 valence electrons. The zero-order valence-electron chi connectivity index (χ0n) is 5.28. The fourth-order valence-electron chi connectivity index (χ4n) is 0.228. The Balaban J connectivity index is 3.39. The number of hydrogen-bond acceptors (Lipinski definition) is 2. The average Bonchev–Trinajstić information content (AvgIpc) is 1.59. The van der Waals surface area contributed by atoms with Crippen molar-refractivity contribution >= 4 is 21.9 Å². The van der Waals surface area contributed by atoms with Crippen LogP contribution in [0.5, 0.6) is 0 Å². The lowest BCUT2D eigenvalue weighted by molar-refractivity contribution is -0.142. The molecule has 0 aliphatic rings. The Morgan fingerprint density at radius 2 is 2.33 bits per heavy atom. The zero-order chi connectivity index (χ0) is 7.49. The molecule has 0 aromatic rings. The summed E-state index contributed by atoms with van der Waals surface area (Å²) >= 11 is 2.66. The molecule has 0 saturated carbocycles. The Hall–Kier alpha value is -0.120. The number of esters is 1. The van der Waals surface area contributed by atoms with Crippen LogP contribution in [0, 0.1) is 0 Å². The van der Waals surface area contributed by atoms with Crippen molar-refractivity contribution in [1.29, 1.82) is 0 Å². The monoisotopic (exact) mass is 198 g/mol. The van der Waals surface area contributed by atoms with Gasteiger partial charge in [0.05, 0.1) is 0 Å². The van der Waals surface area contributed by atoms with Crippen molar-refractivity contribution in [2.45, 2.75) is 18.4 Å². The third-order valence-electron chi connectivity index (χ3n) is 0.529. The number of carbonyl (C=O) groups is 1. The van der Waals surface area contributed by atoms with E-state index in [-0.39, 0.29) is 6.61 Å². The van der Waals surface area contributed by atoms with Crippen molar-refractivity contribution in [1.82, 2.24) is 0 Å². The molecule has 4 heteroatoms. The van der Waals surface area contributed by atoms with Gasteiger partial charge in [-0.2, -0.15) is 0 Å². The quantitative estimate of drug-likeness (QED) is 0.499. The van der Waals surface area contributed by atoms with E-state index < -0.39 is 10.5 Å². The molecule has 1 atom stereocenters. The molecule has 0 aromatic carbocycles. The topological polar surface area (TPSA) is 26.3 Å². The fraction of sp³-hybridized carbons (Fsp3) is 0.800. The second-order valence-corrected chi connectivity index (χ2v) is 3.50. The molecule has 0 aliphatic carbocycles. The maximum atomic E-state index is 12.4. The number of halogens is 2. The number of ether oxygens (including phenoxy) is 1. The van der Waals surface area contributed by atoms with Gasteiger partial charge in [-0.3, -0.25) is 4.79 Å². The Labute approximate surface area is 61.5 Å². The number of carbonyl (C=O) groups excluding carboxylic acids is 1. The van der Waals surface area contributed by atoms with Gasteiger partial charge in [-0.15, -0.1) is 0 Å². The van der Waals surface area contributed by atoms with Crippen LogP contribution in [0.15, 0.2) is 0 Å². The van der Waals surface area contributed by atoms with Crippen LogP contribution in [0.25, 0.3) is 0 Å². The molecule has 0 heterocycles. The molecule has 0 spiro atoms. The lowest BCUT2D eigenvalue weighted by atomic mass is 10.5. The van der Waals surface area contributed by atoms with Gasteiger partial charge in [-0.1, -0.05) is 0 Å². The largest absolute Gasteiger partial charge is 0.462 e. The SMILES string of the molecule is CC(=O)OC[C@](C)(F)Br. The van der Waals surface area contributed by atoms with Crippen LogP contribution < -0.4 is 0 Å². The molecule has 0 N–H and O–H groups in total. The number of alkyl halides is 2. The minimum absolute atomic E-state index is 0.248. The molecular formula is C5H8BrFO2. The molecule has 0 radical (unpaired) electrons. The van der Waals surface area contributed by atoms with Crippen molar-refractivity contribution in [2.24, 2.45) is 0 Å². The van der Waals surface area contributed by atoms with Gasteiger partial charge in [-0.05, 0) is 22.9 Å². The summed E-state index contributed by atoms with van der Waals surface area (Å²) in [6.07, 6.45) is 0. The molecule has 0 rings (SSSR count). The van der Waals surface area contributed by atoms with Gasteiger partial charge in [-0.25, -0.2) is 4.39 Å². The van der Waals surface area contributed by atoms with Crippen molar-refractivity contribution in [3.63, 3.8) is 0 Å². The first-order chi connectivity index (χ1) is 3.92. The summed E-state index contributed by atoms with van der Waals surface area (Å²) in [5, 5.41) is 0.